The molecule has 0 amide bonds. The van der Waals surface area contributed by atoms with Crippen LogP contribution in [0.3, 0.4) is 0 Å². The van der Waals surface area contributed by atoms with Crippen LogP contribution in [0.25, 0.3) is 0 Å². The molecule has 15 heavy (non-hydrogen) atoms. The van der Waals surface area contributed by atoms with E-state index in [4.69, 9.17) is 0 Å². The normalized spacial score (nSPS) is 10.8. The molecule has 0 N–H and O–H groups in total. The molecule has 0 aliphatic rings. The Kier molecular flexibility index (Phi) is 3.47. The highest BCUT2D eigenvalue weighted by Crippen LogP contribution is 2.14. The number of ketones is 1. The molecule has 1 aromatic rings. The van der Waals surface area contributed by atoms with Gasteiger partial charge in [-0.05, 0) is 26.2 Å². The van der Waals surface area contributed by atoms with E-state index in [9.17, 15) is 18.0 Å². The van der Waals surface area contributed by atoms with Crippen molar-refractivity contribution in [1.29, 1.82) is 0 Å². The van der Waals surface area contributed by atoms with Gasteiger partial charge in [-0.25, -0.2) is 13.2 Å². The Morgan fingerprint density at radius 2 is 1.67 bits per heavy atom. The lowest BCUT2D eigenvalue weighted by molar-refractivity contribution is 0.0956. The molecule has 1 rings (SSSR count). The summed E-state index contributed by atoms with van der Waals surface area (Å²) in [6, 6.07) is 1.40. The van der Waals surface area contributed by atoms with Crippen molar-refractivity contribution in [2.45, 2.75) is 0 Å². The van der Waals surface area contributed by atoms with E-state index < -0.39 is 23.2 Å². The SMILES string of the molecule is CN(C)CC(=O)c1cc(F)c(F)c(F)c1. The van der Waals surface area contributed by atoms with E-state index in [2.05, 4.69) is 0 Å². The molecule has 0 aromatic heterocycles. The summed E-state index contributed by atoms with van der Waals surface area (Å²) in [6.07, 6.45) is 0. The van der Waals surface area contributed by atoms with E-state index in [1.165, 1.54) is 0 Å². The first kappa shape index (κ1) is 11.7. The summed E-state index contributed by atoms with van der Waals surface area (Å²) >= 11 is 0. The Morgan fingerprint density at radius 3 is 2.07 bits per heavy atom. The smallest absolute Gasteiger partial charge is 0.194 e. The van der Waals surface area contributed by atoms with E-state index in [-0.39, 0.29) is 12.1 Å². The zero-order valence-electron chi connectivity index (χ0n) is 8.35. The molecular formula is C10H10F3NO. The molecule has 0 unspecified atom stereocenters. The molecule has 0 bridgehead atoms. The summed E-state index contributed by atoms with van der Waals surface area (Å²) in [6.45, 7) is 0.0184. The molecule has 0 heterocycles. The Balaban J connectivity index is 3.01. The fraction of sp³-hybridized carbons (Fsp3) is 0.300. The van der Waals surface area contributed by atoms with E-state index in [0.29, 0.717) is 12.1 Å². The number of Topliss-reactive ketones (excluding diaryl/α,β-unsaturated/α-hetero) is 1. The average molecular weight is 217 g/mol. The lowest BCUT2D eigenvalue weighted by Crippen LogP contribution is -2.22. The standard InChI is InChI=1S/C10H10F3NO/c1-14(2)5-9(15)6-3-7(11)10(13)8(12)4-6/h3-4H,5H2,1-2H3. The van der Waals surface area contributed by atoms with Gasteiger partial charge >= 0.3 is 0 Å². The number of nitrogens with zero attached hydrogens (tertiary/aromatic N) is 1. The first-order valence-electron chi connectivity index (χ1n) is 4.24. The predicted octanol–water partition coefficient (Wildman–Crippen LogP) is 1.85. The first-order valence-corrected chi connectivity index (χ1v) is 4.24. The van der Waals surface area contributed by atoms with Crippen molar-refractivity contribution in [1.82, 2.24) is 4.90 Å². The van der Waals surface area contributed by atoms with Crippen molar-refractivity contribution in [2.24, 2.45) is 0 Å². The third-order valence-corrected chi connectivity index (χ3v) is 1.77. The average Bonchev–Trinajstić information content (AvgIpc) is 2.12. The third-order valence-electron chi connectivity index (χ3n) is 1.77. The first-order chi connectivity index (χ1) is 6.91. The van der Waals surface area contributed by atoms with E-state index in [1.54, 1.807) is 19.0 Å². The van der Waals surface area contributed by atoms with E-state index in [0.717, 1.165) is 0 Å². The molecular weight excluding hydrogens is 207 g/mol. The Hall–Kier alpha value is -1.36. The van der Waals surface area contributed by atoms with Gasteiger partial charge in [0.25, 0.3) is 0 Å². The van der Waals surface area contributed by atoms with Crippen molar-refractivity contribution in [3.8, 4) is 0 Å². The van der Waals surface area contributed by atoms with Crippen LogP contribution in [-0.2, 0) is 0 Å². The molecule has 0 saturated carbocycles. The lowest BCUT2D eigenvalue weighted by atomic mass is 10.1. The number of carbonyl (C=O) groups excluding carboxylic acids is 1. The maximum absolute atomic E-state index is 12.8. The van der Waals surface area contributed by atoms with Crippen molar-refractivity contribution >= 4 is 5.78 Å². The lowest BCUT2D eigenvalue weighted by Gasteiger charge is -2.08. The van der Waals surface area contributed by atoms with E-state index >= 15 is 0 Å². The Morgan fingerprint density at radius 1 is 1.20 bits per heavy atom. The van der Waals surface area contributed by atoms with Crippen LogP contribution in [-0.4, -0.2) is 31.3 Å². The fourth-order valence-electron chi connectivity index (χ4n) is 1.10. The Bertz CT molecular complexity index is 367. The van der Waals surface area contributed by atoms with Crippen LogP contribution in [0.5, 0.6) is 0 Å². The number of carbonyl (C=O) groups is 1. The number of hydrogen-bond donors (Lipinski definition) is 0. The second kappa shape index (κ2) is 4.44. The summed E-state index contributed by atoms with van der Waals surface area (Å²) < 4.78 is 38.1. The van der Waals surface area contributed by atoms with Gasteiger partial charge in [0.05, 0.1) is 6.54 Å². The maximum Gasteiger partial charge on any atom is 0.194 e. The minimum atomic E-state index is -1.56. The van der Waals surface area contributed by atoms with Crippen molar-refractivity contribution in [2.75, 3.05) is 20.6 Å². The molecule has 0 aliphatic carbocycles. The molecule has 0 fully saturated rings. The number of likely N-dealkylation sites (N-methyl/N-ethyl adjacent to an activating group) is 1. The molecule has 0 saturated heterocycles. The van der Waals surface area contributed by atoms with Crippen LogP contribution in [0.1, 0.15) is 10.4 Å². The Labute approximate surface area is 85.3 Å². The molecule has 0 atom stereocenters. The topological polar surface area (TPSA) is 20.3 Å². The zero-order valence-corrected chi connectivity index (χ0v) is 8.35. The molecule has 1 aromatic carbocycles. The monoisotopic (exact) mass is 217 g/mol. The second-order valence-electron chi connectivity index (χ2n) is 3.41. The number of hydrogen-bond acceptors (Lipinski definition) is 2. The molecule has 2 nitrogen and oxygen atoms in total. The van der Waals surface area contributed by atoms with Gasteiger partial charge in [-0.2, -0.15) is 0 Å². The molecule has 0 spiro atoms. The highest BCUT2D eigenvalue weighted by Gasteiger charge is 2.15. The van der Waals surface area contributed by atoms with Gasteiger partial charge in [-0.3, -0.25) is 4.79 Å². The highest BCUT2D eigenvalue weighted by atomic mass is 19.2. The summed E-state index contributed by atoms with van der Waals surface area (Å²) in [5.41, 5.74) is -0.167. The van der Waals surface area contributed by atoms with Gasteiger partial charge in [-0.1, -0.05) is 0 Å². The highest BCUT2D eigenvalue weighted by molar-refractivity contribution is 5.97. The minimum Gasteiger partial charge on any atom is -0.302 e. The van der Waals surface area contributed by atoms with Crippen molar-refractivity contribution < 1.29 is 18.0 Å². The molecule has 0 radical (unpaired) electrons. The molecule has 0 aliphatic heterocycles. The quantitative estimate of drug-likeness (QED) is 0.568. The van der Waals surface area contributed by atoms with Crippen LogP contribution in [0.2, 0.25) is 0 Å². The molecule has 82 valence electrons. The summed E-state index contributed by atoms with van der Waals surface area (Å²) in [5.74, 6) is -4.72. The van der Waals surface area contributed by atoms with Gasteiger partial charge in [0.1, 0.15) is 0 Å². The number of rotatable bonds is 3. The van der Waals surface area contributed by atoms with Crippen LogP contribution in [0.15, 0.2) is 12.1 Å². The molecule has 5 heteroatoms. The van der Waals surface area contributed by atoms with Crippen LogP contribution < -0.4 is 0 Å². The largest absolute Gasteiger partial charge is 0.302 e. The second-order valence-corrected chi connectivity index (χ2v) is 3.41. The fourth-order valence-corrected chi connectivity index (χ4v) is 1.10. The van der Waals surface area contributed by atoms with E-state index in [1.807, 2.05) is 0 Å². The van der Waals surface area contributed by atoms with Crippen LogP contribution in [0, 0.1) is 17.5 Å². The summed E-state index contributed by atoms with van der Waals surface area (Å²) in [5, 5.41) is 0. The predicted molar refractivity (Wildman–Crippen MR) is 49.2 cm³/mol. The van der Waals surface area contributed by atoms with Gasteiger partial charge in [0.2, 0.25) is 0 Å². The van der Waals surface area contributed by atoms with Gasteiger partial charge in [0.15, 0.2) is 23.2 Å². The van der Waals surface area contributed by atoms with Crippen molar-refractivity contribution in [3.05, 3.63) is 35.1 Å². The minimum absolute atomic E-state index is 0.0184. The maximum atomic E-state index is 12.8. The van der Waals surface area contributed by atoms with Gasteiger partial charge in [0, 0.05) is 5.56 Å². The summed E-state index contributed by atoms with van der Waals surface area (Å²) in [4.78, 5) is 12.9. The number of halogens is 3. The third kappa shape index (κ3) is 2.79. The van der Waals surface area contributed by atoms with Crippen LogP contribution >= 0.6 is 0 Å². The van der Waals surface area contributed by atoms with Crippen molar-refractivity contribution in [3.63, 3.8) is 0 Å². The van der Waals surface area contributed by atoms with Gasteiger partial charge < -0.3 is 4.90 Å². The summed E-state index contributed by atoms with van der Waals surface area (Å²) in [7, 11) is 3.29. The number of benzene rings is 1. The van der Waals surface area contributed by atoms with Crippen LogP contribution in [0.4, 0.5) is 13.2 Å². The zero-order chi connectivity index (χ0) is 11.6. The van der Waals surface area contributed by atoms with Gasteiger partial charge in [-0.15, -0.1) is 0 Å².